The Hall–Kier alpha value is -3.20. The maximum Gasteiger partial charge on any atom is 0.258 e. The minimum atomic E-state index is -0.318. The highest BCUT2D eigenvalue weighted by molar-refractivity contribution is 6.21. The third-order valence-corrected chi connectivity index (χ3v) is 4.57. The zero-order valence-electron chi connectivity index (χ0n) is 13.7. The van der Waals surface area contributed by atoms with Crippen molar-refractivity contribution in [2.24, 2.45) is 0 Å². The van der Waals surface area contributed by atoms with E-state index in [-0.39, 0.29) is 11.8 Å². The van der Waals surface area contributed by atoms with Crippen LogP contribution in [0.5, 0.6) is 0 Å². The van der Waals surface area contributed by atoms with Crippen molar-refractivity contribution >= 4 is 11.8 Å². The summed E-state index contributed by atoms with van der Waals surface area (Å²) in [5.74, 6) is -0.635. The molecule has 1 N–H and O–H groups in total. The molecule has 0 unspecified atom stereocenters. The average Bonchev–Trinajstić information content (AvgIpc) is 2.95. The largest absolute Gasteiger partial charge is 0.288 e. The van der Waals surface area contributed by atoms with Gasteiger partial charge in [0, 0.05) is 0 Å². The Labute approximate surface area is 146 Å². The fourth-order valence-corrected chi connectivity index (χ4v) is 3.14. The van der Waals surface area contributed by atoms with Crippen molar-refractivity contribution in [2.45, 2.75) is 12.8 Å². The lowest BCUT2D eigenvalue weighted by Gasteiger charge is -2.06. The molecule has 0 saturated heterocycles. The number of fused-ring (bicyclic) bond motifs is 1. The summed E-state index contributed by atoms with van der Waals surface area (Å²) in [7, 11) is 0. The standard InChI is InChI=1S/C22H17NO2/c24-21-19-13-12-18(14-20(19)22(25)23-21)17-10-8-16(9-11-17)7-6-15-4-2-1-3-5-15/h1-5,8-14H,6-7H2,(H,23,24,25). The highest BCUT2D eigenvalue weighted by Gasteiger charge is 2.26. The molecule has 122 valence electrons. The van der Waals surface area contributed by atoms with Crippen molar-refractivity contribution in [3.63, 3.8) is 0 Å². The van der Waals surface area contributed by atoms with Crippen molar-refractivity contribution in [1.29, 1.82) is 0 Å². The van der Waals surface area contributed by atoms with Crippen LogP contribution in [0.3, 0.4) is 0 Å². The summed E-state index contributed by atoms with van der Waals surface area (Å²) >= 11 is 0. The quantitative estimate of drug-likeness (QED) is 0.736. The molecular weight excluding hydrogens is 310 g/mol. The summed E-state index contributed by atoms with van der Waals surface area (Å²) in [6, 6.07) is 24.2. The molecule has 1 heterocycles. The van der Waals surface area contributed by atoms with Crippen LogP contribution in [0.1, 0.15) is 31.8 Å². The van der Waals surface area contributed by atoms with Gasteiger partial charge in [-0.1, -0.05) is 60.7 Å². The van der Waals surface area contributed by atoms with Crippen LogP contribution in [0.2, 0.25) is 0 Å². The molecule has 0 spiro atoms. The van der Waals surface area contributed by atoms with Gasteiger partial charge >= 0.3 is 0 Å². The summed E-state index contributed by atoms with van der Waals surface area (Å²) in [4.78, 5) is 23.4. The topological polar surface area (TPSA) is 46.2 Å². The number of hydrogen-bond donors (Lipinski definition) is 1. The first-order valence-electron chi connectivity index (χ1n) is 8.34. The molecule has 25 heavy (non-hydrogen) atoms. The van der Waals surface area contributed by atoms with Gasteiger partial charge in [0.15, 0.2) is 0 Å². The molecule has 0 bridgehead atoms. The lowest BCUT2D eigenvalue weighted by molar-refractivity contribution is 0.0879. The van der Waals surface area contributed by atoms with E-state index in [1.54, 1.807) is 12.1 Å². The normalized spacial score (nSPS) is 12.8. The number of imide groups is 1. The van der Waals surface area contributed by atoms with Gasteiger partial charge in [0.1, 0.15) is 0 Å². The summed E-state index contributed by atoms with van der Waals surface area (Å²) in [5.41, 5.74) is 5.50. The van der Waals surface area contributed by atoms with E-state index in [9.17, 15) is 9.59 Å². The van der Waals surface area contributed by atoms with Gasteiger partial charge in [0.25, 0.3) is 11.8 Å². The van der Waals surface area contributed by atoms with Gasteiger partial charge in [-0.2, -0.15) is 0 Å². The van der Waals surface area contributed by atoms with Crippen LogP contribution in [-0.2, 0) is 12.8 Å². The number of carbonyl (C=O) groups is 2. The van der Waals surface area contributed by atoms with Gasteiger partial charge in [-0.3, -0.25) is 14.9 Å². The van der Waals surface area contributed by atoms with Gasteiger partial charge in [0.2, 0.25) is 0 Å². The van der Waals surface area contributed by atoms with Crippen molar-refractivity contribution in [3.8, 4) is 11.1 Å². The smallest absolute Gasteiger partial charge is 0.258 e. The van der Waals surface area contributed by atoms with Crippen molar-refractivity contribution < 1.29 is 9.59 Å². The molecule has 3 aromatic carbocycles. The Balaban J connectivity index is 1.52. The number of amides is 2. The maximum absolute atomic E-state index is 11.8. The van der Waals surface area contributed by atoms with Crippen LogP contribution < -0.4 is 5.32 Å². The van der Waals surface area contributed by atoms with E-state index in [4.69, 9.17) is 0 Å². The van der Waals surface area contributed by atoms with E-state index in [1.165, 1.54) is 11.1 Å². The summed E-state index contributed by atoms with van der Waals surface area (Å²) in [5, 5.41) is 2.32. The third kappa shape index (κ3) is 3.09. The van der Waals surface area contributed by atoms with E-state index < -0.39 is 0 Å². The molecule has 0 atom stereocenters. The van der Waals surface area contributed by atoms with Crippen LogP contribution in [0, 0.1) is 0 Å². The Morgan fingerprint density at radius 2 is 1.20 bits per heavy atom. The molecule has 2 amide bonds. The monoisotopic (exact) mass is 327 g/mol. The SMILES string of the molecule is O=C1NC(=O)c2cc(-c3ccc(CCc4ccccc4)cc3)ccc21. The van der Waals surface area contributed by atoms with Crippen LogP contribution in [0.25, 0.3) is 11.1 Å². The fourth-order valence-electron chi connectivity index (χ4n) is 3.14. The number of rotatable bonds is 4. The molecule has 3 nitrogen and oxygen atoms in total. The second-order valence-electron chi connectivity index (χ2n) is 6.23. The molecule has 1 aliphatic heterocycles. The van der Waals surface area contributed by atoms with Gasteiger partial charge < -0.3 is 0 Å². The molecule has 3 heteroatoms. The van der Waals surface area contributed by atoms with Crippen LogP contribution in [0.15, 0.2) is 72.8 Å². The molecule has 0 radical (unpaired) electrons. The Kier molecular flexibility index (Phi) is 3.90. The zero-order chi connectivity index (χ0) is 17.2. The van der Waals surface area contributed by atoms with Gasteiger partial charge in [-0.25, -0.2) is 0 Å². The van der Waals surface area contributed by atoms with Crippen LogP contribution in [-0.4, -0.2) is 11.8 Å². The predicted molar refractivity (Wildman–Crippen MR) is 97.5 cm³/mol. The Bertz CT molecular complexity index is 944. The van der Waals surface area contributed by atoms with E-state index >= 15 is 0 Å². The minimum absolute atomic E-state index is 0.317. The van der Waals surface area contributed by atoms with Gasteiger partial charge in [0.05, 0.1) is 11.1 Å². The number of carbonyl (C=O) groups excluding carboxylic acids is 2. The second kappa shape index (κ2) is 6.36. The minimum Gasteiger partial charge on any atom is -0.288 e. The van der Waals surface area contributed by atoms with E-state index in [0.717, 1.165) is 24.0 Å². The van der Waals surface area contributed by atoms with Crippen molar-refractivity contribution in [3.05, 3.63) is 95.1 Å². The first-order chi connectivity index (χ1) is 12.2. The van der Waals surface area contributed by atoms with Gasteiger partial charge in [-0.15, -0.1) is 0 Å². The molecule has 0 aliphatic carbocycles. The average molecular weight is 327 g/mol. The number of hydrogen-bond acceptors (Lipinski definition) is 2. The van der Waals surface area contributed by atoms with Crippen LogP contribution >= 0.6 is 0 Å². The fraction of sp³-hybridized carbons (Fsp3) is 0.0909. The first kappa shape index (κ1) is 15.3. The van der Waals surface area contributed by atoms with Crippen LogP contribution in [0.4, 0.5) is 0 Å². The highest BCUT2D eigenvalue weighted by atomic mass is 16.2. The second-order valence-corrected chi connectivity index (χ2v) is 6.23. The number of nitrogens with one attached hydrogen (secondary N) is 1. The maximum atomic E-state index is 11.8. The summed E-state index contributed by atoms with van der Waals surface area (Å²) in [6.07, 6.45) is 2.01. The molecule has 1 aliphatic rings. The molecule has 4 rings (SSSR count). The molecular formula is C22H17NO2. The lowest BCUT2D eigenvalue weighted by atomic mass is 9.98. The lowest BCUT2D eigenvalue weighted by Crippen LogP contribution is -2.19. The third-order valence-electron chi connectivity index (χ3n) is 4.57. The zero-order valence-corrected chi connectivity index (χ0v) is 13.7. The summed E-state index contributed by atoms with van der Waals surface area (Å²) in [6.45, 7) is 0. The number of aryl methyl sites for hydroxylation is 2. The van der Waals surface area contributed by atoms with Gasteiger partial charge in [-0.05, 0) is 47.2 Å². The van der Waals surface area contributed by atoms with Crippen molar-refractivity contribution in [1.82, 2.24) is 5.32 Å². The Morgan fingerprint density at radius 1 is 0.600 bits per heavy atom. The summed E-state index contributed by atoms with van der Waals surface area (Å²) < 4.78 is 0. The molecule has 0 saturated carbocycles. The van der Waals surface area contributed by atoms with E-state index in [1.807, 2.05) is 12.1 Å². The van der Waals surface area contributed by atoms with E-state index in [0.29, 0.717) is 11.1 Å². The van der Waals surface area contributed by atoms with Crippen molar-refractivity contribution in [2.75, 3.05) is 0 Å². The molecule has 3 aromatic rings. The molecule has 0 aromatic heterocycles. The van der Waals surface area contributed by atoms with E-state index in [2.05, 4.69) is 53.8 Å². The first-order valence-corrected chi connectivity index (χ1v) is 8.34. The Morgan fingerprint density at radius 3 is 1.92 bits per heavy atom. The predicted octanol–water partition coefficient (Wildman–Crippen LogP) is 4.02. The molecule has 0 fully saturated rings. The highest BCUT2D eigenvalue weighted by Crippen LogP contribution is 2.25. The number of benzene rings is 3.